The van der Waals surface area contributed by atoms with Crippen LogP contribution in [-0.2, 0) is 0 Å². The van der Waals surface area contributed by atoms with Gasteiger partial charge in [0, 0.05) is 19.0 Å². The first-order valence-corrected chi connectivity index (χ1v) is 6.20. The fourth-order valence-corrected chi connectivity index (χ4v) is 1.77. The number of nitrogens with zero attached hydrogens (tertiary/aromatic N) is 1. The molecule has 0 fully saturated rings. The molecule has 0 heterocycles. The number of nitriles is 1. The minimum atomic E-state index is 0.179. The van der Waals surface area contributed by atoms with Crippen molar-refractivity contribution in [2.45, 2.75) is 39.7 Å². The molecule has 0 aliphatic heterocycles. The van der Waals surface area contributed by atoms with Crippen LogP contribution in [0.25, 0.3) is 0 Å². The van der Waals surface area contributed by atoms with E-state index in [2.05, 4.69) is 56.4 Å². The van der Waals surface area contributed by atoms with Crippen molar-refractivity contribution in [3.05, 3.63) is 35.9 Å². The Labute approximate surface area is 105 Å². The van der Waals surface area contributed by atoms with Crippen LogP contribution in [0, 0.1) is 16.7 Å². The monoisotopic (exact) mass is 230 g/mol. The van der Waals surface area contributed by atoms with Crippen LogP contribution in [0.15, 0.2) is 30.3 Å². The molecule has 0 aliphatic carbocycles. The second-order valence-corrected chi connectivity index (χ2v) is 5.34. The summed E-state index contributed by atoms with van der Waals surface area (Å²) in [4.78, 5) is 0. The highest BCUT2D eigenvalue weighted by atomic mass is 14.9. The Bertz CT molecular complexity index is 362. The SMILES string of the molecule is C[C@@H](NCC(C)(C)CCC#N)c1ccccc1. The minimum absolute atomic E-state index is 0.179. The van der Waals surface area contributed by atoms with Crippen molar-refractivity contribution in [3.8, 4) is 6.07 Å². The Kier molecular flexibility index (Phi) is 5.18. The molecule has 2 heteroatoms. The van der Waals surface area contributed by atoms with Gasteiger partial charge in [-0.3, -0.25) is 0 Å². The molecule has 0 saturated heterocycles. The van der Waals surface area contributed by atoms with Crippen molar-refractivity contribution in [2.75, 3.05) is 6.54 Å². The third kappa shape index (κ3) is 5.01. The van der Waals surface area contributed by atoms with Gasteiger partial charge in [-0.05, 0) is 24.3 Å². The van der Waals surface area contributed by atoms with Crippen LogP contribution in [0.3, 0.4) is 0 Å². The zero-order chi connectivity index (χ0) is 12.7. The highest BCUT2D eigenvalue weighted by Crippen LogP contribution is 2.22. The molecule has 1 atom stereocenters. The van der Waals surface area contributed by atoms with Crippen molar-refractivity contribution >= 4 is 0 Å². The van der Waals surface area contributed by atoms with Gasteiger partial charge < -0.3 is 5.32 Å². The summed E-state index contributed by atoms with van der Waals surface area (Å²) in [5, 5.41) is 12.2. The molecule has 0 amide bonds. The maximum absolute atomic E-state index is 8.61. The molecule has 0 aliphatic rings. The van der Waals surface area contributed by atoms with Crippen molar-refractivity contribution in [1.29, 1.82) is 5.26 Å². The van der Waals surface area contributed by atoms with E-state index in [1.54, 1.807) is 0 Å². The average molecular weight is 230 g/mol. The molecule has 1 aromatic carbocycles. The Morgan fingerprint density at radius 3 is 2.53 bits per heavy atom. The summed E-state index contributed by atoms with van der Waals surface area (Å²) in [7, 11) is 0. The zero-order valence-corrected chi connectivity index (χ0v) is 11.0. The molecule has 17 heavy (non-hydrogen) atoms. The zero-order valence-electron chi connectivity index (χ0n) is 11.0. The molecule has 2 nitrogen and oxygen atoms in total. The van der Waals surface area contributed by atoms with Crippen molar-refractivity contribution < 1.29 is 0 Å². The second-order valence-electron chi connectivity index (χ2n) is 5.34. The smallest absolute Gasteiger partial charge is 0.0621 e. The molecule has 92 valence electrons. The van der Waals surface area contributed by atoms with Crippen LogP contribution in [0.5, 0.6) is 0 Å². The summed E-state index contributed by atoms with van der Waals surface area (Å²) in [6.45, 7) is 7.52. The van der Waals surface area contributed by atoms with Gasteiger partial charge in [0.1, 0.15) is 0 Å². The molecule has 0 bridgehead atoms. The molecule has 1 rings (SSSR count). The second kappa shape index (κ2) is 6.42. The first-order valence-electron chi connectivity index (χ1n) is 6.20. The van der Waals surface area contributed by atoms with Crippen molar-refractivity contribution in [2.24, 2.45) is 5.41 Å². The largest absolute Gasteiger partial charge is 0.310 e. The predicted octanol–water partition coefficient (Wildman–Crippen LogP) is 3.67. The fraction of sp³-hybridized carbons (Fsp3) is 0.533. The number of benzene rings is 1. The van der Waals surface area contributed by atoms with Gasteiger partial charge in [0.05, 0.1) is 6.07 Å². The minimum Gasteiger partial charge on any atom is -0.310 e. The highest BCUT2D eigenvalue weighted by molar-refractivity contribution is 5.18. The first-order chi connectivity index (χ1) is 8.05. The quantitative estimate of drug-likeness (QED) is 0.809. The van der Waals surface area contributed by atoms with E-state index < -0.39 is 0 Å². The van der Waals surface area contributed by atoms with Crippen LogP contribution in [0.4, 0.5) is 0 Å². The lowest BCUT2D eigenvalue weighted by molar-refractivity contribution is 0.305. The molecule has 1 N–H and O–H groups in total. The summed E-state index contributed by atoms with van der Waals surface area (Å²) >= 11 is 0. The van der Waals surface area contributed by atoms with Gasteiger partial charge in [0.2, 0.25) is 0 Å². The van der Waals surface area contributed by atoms with E-state index in [0.717, 1.165) is 13.0 Å². The van der Waals surface area contributed by atoms with Crippen LogP contribution < -0.4 is 5.32 Å². The number of nitrogens with one attached hydrogen (secondary N) is 1. The summed E-state index contributed by atoms with van der Waals surface area (Å²) in [5.74, 6) is 0. The van der Waals surface area contributed by atoms with Gasteiger partial charge in [-0.2, -0.15) is 5.26 Å². The van der Waals surface area contributed by atoms with E-state index in [9.17, 15) is 0 Å². The Balaban J connectivity index is 2.43. The molecule has 1 aromatic rings. The lowest BCUT2D eigenvalue weighted by atomic mass is 9.87. The van der Waals surface area contributed by atoms with E-state index in [1.807, 2.05) is 6.07 Å². The van der Waals surface area contributed by atoms with Gasteiger partial charge in [0.15, 0.2) is 0 Å². The van der Waals surface area contributed by atoms with Gasteiger partial charge in [-0.25, -0.2) is 0 Å². The molecular formula is C15H22N2. The number of hydrogen-bond donors (Lipinski definition) is 1. The summed E-state index contributed by atoms with van der Waals surface area (Å²) < 4.78 is 0. The number of hydrogen-bond acceptors (Lipinski definition) is 2. The van der Waals surface area contributed by atoms with Crippen LogP contribution >= 0.6 is 0 Å². The Morgan fingerprint density at radius 1 is 1.29 bits per heavy atom. The summed E-state index contributed by atoms with van der Waals surface area (Å²) in [6.07, 6.45) is 1.58. The molecule has 0 unspecified atom stereocenters. The maximum atomic E-state index is 8.61. The summed E-state index contributed by atoms with van der Waals surface area (Å²) in [6, 6.07) is 13.0. The lowest BCUT2D eigenvalue weighted by Crippen LogP contribution is -2.31. The molecular weight excluding hydrogens is 208 g/mol. The maximum Gasteiger partial charge on any atom is 0.0621 e. The van der Waals surface area contributed by atoms with Crippen LogP contribution in [-0.4, -0.2) is 6.54 Å². The van der Waals surface area contributed by atoms with Crippen molar-refractivity contribution in [3.63, 3.8) is 0 Å². The van der Waals surface area contributed by atoms with Gasteiger partial charge in [-0.1, -0.05) is 44.2 Å². The predicted molar refractivity (Wildman–Crippen MR) is 71.5 cm³/mol. The first kappa shape index (κ1) is 13.7. The Morgan fingerprint density at radius 2 is 1.94 bits per heavy atom. The molecule has 0 radical (unpaired) electrons. The average Bonchev–Trinajstić information content (AvgIpc) is 2.35. The number of rotatable bonds is 6. The summed E-state index contributed by atoms with van der Waals surface area (Å²) in [5.41, 5.74) is 1.49. The Hall–Kier alpha value is -1.33. The van der Waals surface area contributed by atoms with E-state index in [-0.39, 0.29) is 5.41 Å². The van der Waals surface area contributed by atoms with E-state index in [1.165, 1.54) is 5.56 Å². The van der Waals surface area contributed by atoms with Gasteiger partial charge in [-0.15, -0.1) is 0 Å². The van der Waals surface area contributed by atoms with E-state index in [0.29, 0.717) is 12.5 Å². The highest BCUT2D eigenvalue weighted by Gasteiger charge is 2.18. The topological polar surface area (TPSA) is 35.8 Å². The normalized spacial score (nSPS) is 13.1. The van der Waals surface area contributed by atoms with Crippen LogP contribution in [0.1, 0.15) is 45.2 Å². The van der Waals surface area contributed by atoms with Crippen LogP contribution in [0.2, 0.25) is 0 Å². The fourth-order valence-electron chi connectivity index (χ4n) is 1.77. The van der Waals surface area contributed by atoms with E-state index >= 15 is 0 Å². The lowest BCUT2D eigenvalue weighted by Gasteiger charge is -2.26. The van der Waals surface area contributed by atoms with E-state index in [4.69, 9.17) is 5.26 Å². The van der Waals surface area contributed by atoms with Gasteiger partial charge >= 0.3 is 0 Å². The molecule has 0 saturated carbocycles. The van der Waals surface area contributed by atoms with Crippen molar-refractivity contribution in [1.82, 2.24) is 5.32 Å². The molecule has 0 aromatic heterocycles. The van der Waals surface area contributed by atoms with Gasteiger partial charge in [0.25, 0.3) is 0 Å². The molecule has 0 spiro atoms. The standard InChI is InChI=1S/C15H22N2/c1-13(14-8-5-4-6-9-14)17-12-15(2,3)10-7-11-16/h4-6,8-9,13,17H,7,10,12H2,1-3H3/t13-/m1/s1. The third-order valence-electron chi connectivity index (χ3n) is 3.10. The third-order valence-corrected chi connectivity index (χ3v) is 3.10.